The van der Waals surface area contributed by atoms with Crippen LogP contribution in [0, 0.1) is 0 Å². The normalized spacial score (nSPS) is 11.7. The Morgan fingerprint density at radius 2 is 2.10 bits per heavy atom. The molecule has 1 aromatic heterocycles. The zero-order valence-corrected chi connectivity index (χ0v) is 13.6. The number of carboxylic acid groups (broad SMARTS) is 2. The molecule has 1 aromatic rings. The smallest absolute Gasteiger partial charge is 0.326 e. The predicted octanol–water partition coefficient (Wildman–Crippen LogP) is 1.97. The average molecular weight is 379 g/mol. The minimum absolute atomic E-state index is 0.158. The number of carbonyl (C=O) groups is 3. The second-order valence-electron chi connectivity index (χ2n) is 4.39. The van der Waals surface area contributed by atoms with E-state index in [1.807, 2.05) is 11.4 Å². The lowest BCUT2D eigenvalue weighted by molar-refractivity contribution is -0.140. The number of carboxylic acids is 2. The molecule has 0 aliphatic rings. The van der Waals surface area contributed by atoms with Crippen LogP contribution >= 0.6 is 27.3 Å². The summed E-state index contributed by atoms with van der Waals surface area (Å²) in [6, 6.07) is 0.0912. The van der Waals surface area contributed by atoms with Crippen LogP contribution in [0.5, 0.6) is 0 Å². The van der Waals surface area contributed by atoms with E-state index in [1.54, 1.807) is 0 Å². The first-order chi connectivity index (χ1) is 9.79. The number of carbonyl (C=O) groups excluding carboxylic acids is 1. The standard InChI is InChI=1S/C12H15BrN2O5S/c1-15(5-7-4-9(13)21-6-7)12(20)14-8(11(18)19)2-3-10(16)17/h4,6,8H,2-3,5H2,1H3,(H,14,20)(H,16,17)(H,18,19). The topological polar surface area (TPSA) is 107 Å². The number of urea groups is 1. The van der Waals surface area contributed by atoms with Crippen molar-refractivity contribution in [1.29, 1.82) is 0 Å². The van der Waals surface area contributed by atoms with Gasteiger partial charge >= 0.3 is 18.0 Å². The molecule has 0 aromatic carbocycles. The summed E-state index contributed by atoms with van der Waals surface area (Å²) in [6.45, 7) is 0.333. The van der Waals surface area contributed by atoms with E-state index < -0.39 is 24.0 Å². The van der Waals surface area contributed by atoms with E-state index in [-0.39, 0.29) is 12.8 Å². The lowest BCUT2D eigenvalue weighted by Crippen LogP contribution is -2.46. The van der Waals surface area contributed by atoms with Crippen LogP contribution in [-0.2, 0) is 16.1 Å². The third kappa shape index (κ3) is 6.13. The van der Waals surface area contributed by atoms with E-state index in [4.69, 9.17) is 10.2 Å². The van der Waals surface area contributed by atoms with Gasteiger partial charge in [0.25, 0.3) is 0 Å². The van der Waals surface area contributed by atoms with Crippen molar-refractivity contribution in [2.45, 2.75) is 25.4 Å². The van der Waals surface area contributed by atoms with Crippen molar-refractivity contribution in [2.75, 3.05) is 7.05 Å². The Hall–Kier alpha value is -1.61. The first-order valence-corrected chi connectivity index (χ1v) is 7.66. The summed E-state index contributed by atoms with van der Waals surface area (Å²) in [7, 11) is 1.54. The van der Waals surface area contributed by atoms with E-state index in [0.717, 1.165) is 9.35 Å². The highest BCUT2D eigenvalue weighted by atomic mass is 79.9. The molecule has 21 heavy (non-hydrogen) atoms. The van der Waals surface area contributed by atoms with Crippen molar-refractivity contribution in [3.63, 3.8) is 0 Å². The van der Waals surface area contributed by atoms with Crippen molar-refractivity contribution < 1.29 is 24.6 Å². The number of nitrogens with one attached hydrogen (secondary N) is 1. The molecule has 0 aliphatic carbocycles. The van der Waals surface area contributed by atoms with Gasteiger partial charge < -0.3 is 20.4 Å². The van der Waals surface area contributed by atoms with E-state index in [0.29, 0.717) is 6.54 Å². The molecule has 0 fully saturated rings. The highest BCUT2D eigenvalue weighted by Crippen LogP contribution is 2.21. The van der Waals surface area contributed by atoms with Crippen molar-refractivity contribution in [1.82, 2.24) is 10.2 Å². The number of nitrogens with zero attached hydrogens (tertiary/aromatic N) is 1. The molecule has 3 N–H and O–H groups in total. The molecule has 0 radical (unpaired) electrons. The number of thiophene rings is 1. The average Bonchev–Trinajstić information content (AvgIpc) is 2.78. The molecule has 0 spiro atoms. The van der Waals surface area contributed by atoms with Gasteiger partial charge in [0, 0.05) is 20.0 Å². The van der Waals surface area contributed by atoms with Crippen LogP contribution in [0.2, 0.25) is 0 Å². The van der Waals surface area contributed by atoms with Crippen molar-refractivity contribution >= 4 is 45.2 Å². The summed E-state index contributed by atoms with van der Waals surface area (Å²) in [5.74, 6) is -2.36. The van der Waals surface area contributed by atoms with Crippen LogP contribution in [0.15, 0.2) is 15.2 Å². The maximum Gasteiger partial charge on any atom is 0.326 e. The van der Waals surface area contributed by atoms with Gasteiger partial charge in [-0.05, 0) is 39.4 Å². The number of aliphatic carboxylic acids is 2. The van der Waals surface area contributed by atoms with Crippen molar-refractivity contribution in [3.05, 3.63) is 20.8 Å². The zero-order chi connectivity index (χ0) is 16.0. The molecular formula is C12H15BrN2O5S. The Morgan fingerprint density at radius 1 is 1.43 bits per heavy atom. The summed E-state index contributed by atoms with van der Waals surface area (Å²) >= 11 is 4.81. The van der Waals surface area contributed by atoms with Crippen molar-refractivity contribution in [3.8, 4) is 0 Å². The maximum absolute atomic E-state index is 11.9. The highest BCUT2D eigenvalue weighted by Gasteiger charge is 2.22. The van der Waals surface area contributed by atoms with Gasteiger partial charge in [0.05, 0.1) is 3.79 Å². The Balaban J connectivity index is 2.55. The van der Waals surface area contributed by atoms with Gasteiger partial charge in [0.1, 0.15) is 6.04 Å². The zero-order valence-electron chi connectivity index (χ0n) is 11.2. The molecule has 0 bridgehead atoms. The Morgan fingerprint density at radius 3 is 2.57 bits per heavy atom. The van der Waals surface area contributed by atoms with E-state index >= 15 is 0 Å². The van der Waals surface area contributed by atoms with Gasteiger partial charge in [-0.15, -0.1) is 11.3 Å². The number of rotatable bonds is 7. The van der Waals surface area contributed by atoms with E-state index in [1.165, 1.54) is 23.3 Å². The maximum atomic E-state index is 11.9. The summed E-state index contributed by atoms with van der Waals surface area (Å²) in [6.07, 6.45) is -0.479. The van der Waals surface area contributed by atoms with Gasteiger partial charge in [-0.25, -0.2) is 9.59 Å². The molecule has 0 aliphatic heterocycles. The van der Waals surface area contributed by atoms with Crippen LogP contribution in [0.1, 0.15) is 18.4 Å². The third-order valence-electron chi connectivity index (χ3n) is 2.63. The minimum atomic E-state index is -1.25. The van der Waals surface area contributed by atoms with E-state index in [2.05, 4.69) is 21.2 Å². The van der Waals surface area contributed by atoms with E-state index in [9.17, 15) is 14.4 Å². The molecule has 0 saturated carbocycles. The first-order valence-electron chi connectivity index (χ1n) is 5.98. The van der Waals surface area contributed by atoms with Gasteiger partial charge in [-0.1, -0.05) is 0 Å². The van der Waals surface area contributed by atoms with Gasteiger partial charge in [-0.3, -0.25) is 4.79 Å². The van der Waals surface area contributed by atoms with Crippen LogP contribution in [0.3, 0.4) is 0 Å². The molecule has 7 nitrogen and oxygen atoms in total. The van der Waals surface area contributed by atoms with Gasteiger partial charge in [0.15, 0.2) is 0 Å². The fourth-order valence-electron chi connectivity index (χ4n) is 1.56. The van der Waals surface area contributed by atoms with Crippen LogP contribution in [0.4, 0.5) is 4.79 Å². The fourth-order valence-corrected chi connectivity index (χ4v) is 2.76. The number of hydrogen-bond donors (Lipinski definition) is 3. The second-order valence-corrected chi connectivity index (χ2v) is 6.68. The lowest BCUT2D eigenvalue weighted by Gasteiger charge is -2.20. The van der Waals surface area contributed by atoms with Gasteiger partial charge in [0.2, 0.25) is 0 Å². The quantitative estimate of drug-likeness (QED) is 0.672. The molecule has 2 amide bonds. The SMILES string of the molecule is CN(Cc1csc(Br)c1)C(=O)NC(CCC(=O)O)C(=O)O. The molecule has 116 valence electrons. The van der Waals surface area contributed by atoms with Gasteiger partial charge in [-0.2, -0.15) is 0 Å². The summed E-state index contributed by atoms with van der Waals surface area (Å²) < 4.78 is 0.941. The molecular weight excluding hydrogens is 364 g/mol. The third-order valence-corrected chi connectivity index (χ3v) is 4.18. The first kappa shape index (κ1) is 17.4. The van der Waals surface area contributed by atoms with Crippen LogP contribution in [-0.4, -0.2) is 46.2 Å². The van der Waals surface area contributed by atoms with Crippen LogP contribution < -0.4 is 5.32 Å². The summed E-state index contributed by atoms with van der Waals surface area (Å²) in [5.41, 5.74) is 0.918. The second kappa shape index (κ2) is 7.99. The number of amides is 2. The number of halogens is 1. The monoisotopic (exact) mass is 378 g/mol. The Bertz CT molecular complexity index is 533. The summed E-state index contributed by atoms with van der Waals surface area (Å²) in [5, 5.41) is 21.7. The molecule has 1 atom stereocenters. The molecule has 1 heterocycles. The molecule has 1 rings (SSSR count). The Kier molecular flexibility index (Phi) is 6.63. The van der Waals surface area contributed by atoms with Crippen molar-refractivity contribution in [2.24, 2.45) is 0 Å². The predicted molar refractivity (Wildman–Crippen MR) is 80.3 cm³/mol. The molecule has 1 unspecified atom stereocenters. The summed E-state index contributed by atoms with van der Waals surface area (Å²) in [4.78, 5) is 34.7. The Labute approximate surface area is 133 Å². The molecule has 9 heteroatoms. The van der Waals surface area contributed by atoms with Crippen LogP contribution in [0.25, 0.3) is 0 Å². The molecule has 0 saturated heterocycles. The fraction of sp³-hybridized carbons (Fsp3) is 0.417. The number of hydrogen-bond acceptors (Lipinski definition) is 4. The lowest BCUT2D eigenvalue weighted by atomic mass is 10.1. The minimum Gasteiger partial charge on any atom is -0.481 e. The highest BCUT2D eigenvalue weighted by molar-refractivity contribution is 9.11. The largest absolute Gasteiger partial charge is 0.481 e.